The van der Waals surface area contributed by atoms with Gasteiger partial charge in [-0.2, -0.15) is 0 Å². The number of hydrogen-bond donors (Lipinski definition) is 2. The largest absolute Gasteiger partial charge is 0.497 e. The fourth-order valence-electron chi connectivity index (χ4n) is 4.14. The minimum absolute atomic E-state index is 0.148. The summed E-state index contributed by atoms with van der Waals surface area (Å²) >= 11 is 0. The first-order chi connectivity index (χ1) is 13.4. The standard InChI is InChI=1S/C22H37N3O3/c1-16-12-17(2)15-25(14-16)11-7-6-10-23-22(26)24-18(3)20-9-8-19(27-4)13-21(20)28-5/h8-9,13,16-18H,6-7,10-12,14-15H2,1-5H3,(H2,23,24,26)/t16-,17+,18-/m0/s1. The molecule has 0 radical (unpaired) electrons. The van der Waals surface area contributed by atoms with E-state index in [4.69, 9.17) is 9.47 Å². The molecule has 1 aromatic carbocycles. The molecular formula is C22H37N3O3. The summed E-state index contributed by atoms with van der Waals surface area (Å²) < 4.78 is 10.6. The number of methoxy groups -OCH3 is 2. The van der Waals surface area contributed by atoms with Crippen molar-refractivity contribution in [3.63, 3.8) is 0 Å². The lowest BCUT2D eigenvalue weighted by Gasteiger charge is -2.34. The summed E-state index contributed by atoms with van der Waals surface area (Å²) in [6, 6.07) is 5.32. The monoisotopic (exact) mass is 391 g/mol. The number of carbonyl (C=O) groups is 1. The van der Waals surface area contributed by atoms with E-state index in [1.165, 1.54) is 19.5 Å². The Hall–Kier alpha value is -1.95. The van der Waals surface area contributed by atoms with Gasteiger partial charge in [0.25, 0.3) is 0 Å². The van der Waals surface area contributed by atoms with Crippen LogP contribution in [0.3, 0.4) is 0 Å². The number of hydrogen-bond acceptors (Lipinski definition) is 4. The van der Waals surface area contributed by atoms with Gasteiger partial charge in [-0.1, -0.05) is 13.8 Å². The normalized spacial score (nSPS) is 21.0. The van der Waals surface area contributed by atoms with E-state index in [-0.39, 0.29) is 12.1 Å². The van der Waals surface area contributed by atoms with Crippen LogP contribution in [0.1, 0.15) is 51.6 Å². The van der Waals surface area contributed by atoms with Crippen LogP contribution in [0.2, 0.25) is 0 Å². The molecule has 1 aliphatic heterocycles. The lowest BCUT2D eigenvalue weighted by atomic mass is 9.92. The van der Waals surface area contributed by atoms with Gasteiger partial charge in [0, 0.05) is 31.3 Å². The van der Waals surface area contributed by atoms with Crippen molar-refractivity contribution < 1.29 is 14.3 Å². The Balaban J connectivity index is 1.68. The highest BCUT2D eigenvalue weighted by molar-refractivity contribution is 5.74. The lowest BCUT2D eigenvalue weighted by molar-refractivity contribution is 0.139. The molecule has 0 unspecified atom stereocenters. The molecule has 6 nitrogen and oxygen atoms in total. The summed E-state index contributed by atoms with van der Waals surface area (Å²) in [4.78, 5) is 14.8. The maximum atomic E-state index is 12.2. The zero-order valence-electron chi connectivity index (χ0n) is 18.1. The van der Waals surface area contributed by atoms with Crippen molar-refractivity contribution in [3.05, 3.63) is 23.8 Å². The van der Waals surface area contributed by atoms with Gasteiger partial charge >= 0.3 is 6.03 Å². The van der Waals surface area contributed by atoms with Crippen LogP contribution in [0.15, 0.2) is 18.2 Å². The molecule has 28 heavy (non-hydrogen) atoms. The predicted molar refractivity (Wildman–Crippen MR) is 113 cm³/mol. The van der Waals surface area contributed by atoms with Gasteiger partial charge in [0.05, 0.1) is 20.3 Å². The molecular weight excluding hydrogens is 354 g/mol. The van der Waals surface area contributed by atoms with Gasteiger partial charge in [-0.05, 0) is 56.7 Å². The molecule has 3 atom stereocenters. The summed E-state index contributed by atoms with van der Waals surface area (Å²) in [5.74, 6) is 3.03. The van der Waals surface area contributed by atoms with Crippen LogP contribution in [-0.2, 0) is 0 Å². The Labute approximate surface area is 170 Å². The first-order valence-electron chi connectivity index (χ1n) is 10.4. The van der Waals surface area contributed by atoms with Gasteiger partial charge in [0.1, 0.15) is 11.5 Å². The number of amides is 2. The third-order valence-electron chi connectivity index (χ3n) is 5.39. The van der Waals surface area contributed by atoms with Crippen LogP contribution >= 0.6 is 0 Å². The summed E-state index contributed by atoms with van der Waals surface area (Å²) in [5, 5.41) is 5.94. The van der Waals surface area contributed by atoms with Crippen molar-refractivity contribution in [1.82, 2.24) is 15.5 Å². The number of ether oxygens (including phenoxy) is 2. The van der Waals surface area contributed by atoms with E-state index in [1.807, 2.05) is 25.1 Å². The molecule has 6 heteroatoms. The van der Waals surface area contributed by atoms with Gasteiger partial charge in [0.2, 0.25) is 0 Å². The average molecular weight is 392 g/mol. The second-order valence-corrected chi connectivity index (χ2v) is 8.14. The van der Waals surface area contributed by atoms with Crippen molar-refractivity contribution >= 4 is 6.03 Å². The summed E-state index contributed by atoms with van der Waals surface area (Å²) in [7, 11) is 3.24. The molecule has 1 aromatic rings. The predicted octanol–water partition coefficient (Wildman–Crippen LogP) is 3.82. The van der Waals surface area contributed by atoms with Crippen LogP contribution in [0.25, 0.3) is 0 Å². The van der Waals surface area contributed by atoms with Crippen LogP contribution in [0.5, 0.6) is 11.5 Å². The smallest absolute Gasteiger partial charge is 0.315 e. The highest BCUT2D eigenvalue weighted by Gasteiger charge is 2.21. The number of carbonyl (C=O) groups excluding carboxylic acids is 1. The summed E-state index contributed by atoms with van der Waals surface area (Å²) in [5.41, 5.74) is 0.923. The zero-order valence-corrected chi connectivity index (χ0v) is 18.1. The van der Waals surface area contributed by atoms with Crippen LogP contribution in [-0.4, -0.2) is 51.3 Å². The Morgan fingerprint density at radius 1 is 1.18 bits per heavy atom. The molecule has 1 heterocycles. The molecule has 2 N–H and O–H groups in total. The average Bonchev–Trinajstić information content (AvgIpc) is 2.66. The number of likely N-dealkylation sites (tertiary alicyclic amines) is 1. The molecule has 0 saturated carbocycles. The second-order valence-electron chi connectivity index (χ2n) is 8.14. The quantitative estimate of drug-likeness (QED) is 0.628. The number of rotatable bonds is 9. The van der Waals surface area contributed by atoms with Crippen molar-refractivity contribution in [2.45, 2.75) is 46.1 Å². The highest BCUT2D eigenvalue weighted by atomic mass is 16.5. The third-order valence-corrected chi connectivity index (χ3v) is 5.39. The van der Waals surface area contributed by atoms with Crippen LogP contribution < -0.4 is 20.1 Å². The number of benzene rings is 1. The minimum atomic E-state index is -0.155. The molecule has 158 valence electrons. The Bertz CT molecular complexity index is 613. The molecule has 2 rings (SSSR count). The van der Waals surface area contributed by atoms with Gasteiger partial charge in [0.15, 0.2) is 0 Å². The first-order valence-corrected chi connectivity index (χ1v) is 10.4. The number of unbranched alkanes of at least 4 members (excludes halogenated alkanes) is 1. The molecule has 0 aliphatic carbocycles. The number of nitrogens with zero attached hydrogens (tertiary/aromatic N) is 1. The van der Waals surface area contributed by atoms with E-state index in [1.54, 1.807) is 14.2 Å². The molecule has 0 aromatic heterocycles. The van der Waals surface area contributed by atoms with E-state index >= 15 is 0 Å². The van der Waals surface area contributed by atoms with Crippen LogP contribution in [0.4, 0.5) is 4.79 Å². The van der Waals surface area contributed by atoms with E-state index in [9.17, 15) is 4.79 Å². The summed E-state index contributed by atoms with van der Waals surface area (Å²) in [6.07, 6.45) is 3.45. The topological polar surface area (TPSA) is 62.8 Å². The van der Waals surface area contributed by atoms with Crippen molar-refractivity contribution in [1.29, 1.82) is 0 Å². The van der Waals surface area contributed by atoms with E-state index in [0.717, 1.165) is 42.5 Å². The maximum absolute atomic E-state index is 12.2. The van der Waals surface area contributed by atoms with Gasteiger partial charge in [-0.3, -0.25) is 0 Å². The first kappa shape index (κ1) is 22.3. The number of urea groups is 1. The Morgan fingerprint density at radius 2 is 1.89 bits per heavy atom. The lowest BCUT2D eigenvalue weighted by Crippen LogP contribution is -2.40. The Morgan fingerprint density at radius 3 is 2.54 bits per heavy atom. The second kappa shape index (κ2) is 11.1. The number of piperidine rings is 1. The third kappa shape index (κ3) is 6.89. The molecule has 0 bridgehead atoms. The maximum Gasteiger partial charge on any atom is 0.315 e. The van der Waals surface area contributed by atoms with Gasteiger partial charge in [-0.15, -0.1) is 0 Å². The molecule has 2 amide bonds. The fourth-order valence-corrected chi connectivity index (χ4v) is 4.14. The van der Waals surface area contributed by atoms with Crippen molar-refractivity contribution in [2.75, 3.05) is 40.4 Å². The zero-order chi connectivity index (χ0) is 20.5. The fraction of sp³-hybridized carbons (Fsp3) is 0.682. The van der Waals surface area contributed by atoms with E-state index < -0.39 is 0 Å². The molecule has 1 saturated heterocycles. The van der Waals surface area contributed by atoms with Gasteiger partial charge < -0.3 is 25.0 Å². The molecule has 1 aliphatic rings. The minimum Gasteiger partial charge on any atom is -0.497 e. The SMILES string of the molecule is COc1ccc([C@H](C)NC(=O)NCCCCN2C[C@H](C)C[C@H](C)C2)c(OC)c1. The van der Waals surface area contributed by atoms with E-state index in [2.05, 4.69) is 29.4 Å². The van der Waals surface area contributed by atoms with Gasteiger partial charge in [-0.25, -0.2) is 4.79 Å². The number of nitrogens with one attached hydrogen (secondary N) is 2. The van der Waals surface area contributed by atoms with Crippen molar-refractivity contribution in [3.8, 4) is 11.5 Å². The summed E-state index contributed by atoms with van der Waals surface area (Å²) in [6.45, 7) is 10.9. The molecule has 0 spiro atoms. The van der Waals surface area contributed by atoms with E-state index in [0.29, 0.717) is 12.3 Å². The molecule has 1 fully saturated rings. The highest BCUT2D eigenvalue weighted by Crippen LogP contribution is 2.29. The van der Waals surface area contributed by atoms with Crippen LogP contribution in [0, 0.1) is 11.8 Å². The Kier molecular flexibility index (Phi) is 8.90. The van der Waals surface area contributed by atoms with Crippen molar-refractivity contribution in [2.24, 2.45) is 11.8 Å².